The normalized spacial score (nSPS) is 18.9. The van der Waals surface area contributed by atoms with Crippen molar-refractivity contribution in [2.45, 2.75) is 36.9 Å². The van der Waals surface area contributed by atoms with E-state index in [-0.39, 0.29) is 17.3 Å². The van der Waals surface area contributed by atoms with Crippen molar-refractivity contribution >= 4 is 55.4 Å². The number of sulfonamides is 1. The van der Waals surface area contributed by atoms with E-state index in [4.69, 9.17) is 11.6 Å². The molecule has 0 aliphatic carbocycles. The van der Waals surface area contributed by atoms with Crippen LogP contribution in [0.25, 0.3) is 0 Å². The zero-order chi connectivity index (χ0) is 26.2. The van der Waals surface area contributed by atoms with Crippen LogP contribution in [0.3, 0.4) is 0 Å². The third-order valence-corrected chi connectivity index (χ3v) is 9.23. The standard InChI is InChI=1S/C25H28ClN5O4S2/c1-17(30-11-2-3-18-15-19(26)4-9-22(18)30)24(33)31-13-12-29(16-23(31)32)20-5-7-21(8-6-20)37(34,35)28-25-27-10-14-36-25/h4-10,14-15,17,23,32H,2-3,11-13,16H2,1H3,(H,27,28)/t17-,23+/m1/s1. The third kappa shape index (κ3) is 5.40. The number of amides is 1. The number of aromatic nitrogens is 1. The Morgan fingerprint density at radius 2 is 1.97 bits per heavy atom. The van der Waals surface area contributed by atoms with Gasteiger partial charge in [-0.1, -0.05) is 11.6 Å². The van der Waals surface area contributed by atoms with Gasteiger partial charge in [-0.2, -0.15) is 0 Å². The number of nitrogens with one attached hydrogen (secondary N) is 1. The van der Waals surface area contributed by atoms with Gasteiger partial charge >= 0.3 is 0 Å². The number of β-amino-alcohol motifs (C(OH)–C–C–N with tert-alkyl or cyclic N) is 1. The van der Waals surface area contributed by atoms with E-state index in [0.29, 0.717) is 23.2 Å². The summed E-state index contributed by atoms with van der Waals surface area (Å²) >= 11 is 7.37. The van der Waals surface area contributed by atoms with E-state index in [2.05, 4.69) is 14.6 Å². The van der Waals surface area contributed by atoms with Crippen molar-refractivity contribution < 1.29 is 18.3 Å². The van der Waals surface area contributed by atoms with Crippen LogP contribution in [0, 0.1) is 0 Å². The van der Waals surface area contributed by atoms with E-state index in [1.54, 1.807) is 17.5 Å². The van der Waals surface area contributed by atoms with Crippen molar-refractivity contribution in [3.8, 4) is 0 Å². The summed E-state index contributed by atoms with van der Waals surface area (Å²) in [6.45, 7) is 3.75. The Labute approximate surface area is 225 Å². The van der Waals surface area contributed by atoms with Gasteiger partial charge in [-0.15, -0.1) is 11.3 Å². The molecular weight excluding hydrogens is 534 g/mol. The molecule has 1 saturated heterocycles. The zero-order valence-corrected chi connectivity index (χ0v) is 22.6. The molecular formula is C25H28ClN5O4S2. The summed E-state index contributed by atoms with van der Waals surface area (Å²) in [6.07, 6.45) is 2.42. The van der Waals surface area contributed by atoms with Crippen molar-refractivity contribution in [2.75, 3.05) is 40.7 Å². The molecule has 1 amide bonds. The smallest absolute Gasteiger partial charge is 0.263 e. The van der Waals surface area contributed by atoms with Crippen LogP contribution in [0.5, 0.6) is 0 Å². The van der Waals surface area contributed by atoms with Crippen LogP contribution in [-0.2, 0) is 21.2 Å². The van der Waals surface area contributed by atoms with E-state index in [1.165, 1.54) is 34.6 Å². The van der Waals surface area contributed by atoms with Crippen LogP contribution >= 0.6 is 22.9 Å². The maximum absolute atomic E-state index is 13.4. The molecule has 5 rings (SSSR count). The first-order chi connectivity index (χ1) is 17.7. The number of aryl methyl sites for hydroxylation is 1. The Bertz CT molecular complexity index is 1370. The van der Waals surface area contributed by atoms with Gasteiger partial charge in [-0.3, -0.25) is 9.52 Å². The summed E-state index contributed by atoms with van der Waals surface area (Å²) in [5.74, 6) is -0.121. The molecule has 0 bridgehead atoms. The van der Waals surface area contributed by atoms with Gasteiger partial charge in [0.05, 0.1) is 11.4 Å². The topological polar surface area (TPSA) is 106 Å². The number of nitrogens with zero attached hydrogens (tertiary/aromatic N) is 4. The average molecular weight is 562 g/mol. The van der Waals surface area contributed by atoms with E-state index in [0.717, 1.165) is 36.3 Å². The van der Waals surface area contributed by atoms with Crippen LogP contribution < -0.4 is 14.5 Å². The van der Waals surface area contributed by atoms with Crippen LogP contribution in [0.1, 0.15) is 18.9 Å². The summed E-state index contributed by atoms with van der Waals surface area (Å²) in [4.78, 5) is 23.1. The number of carbonyl (C=O) groups is 1. The molecule has 3 aromatic rings. The van der Waals surface area contributed by atoms with E-state index >= 15 is 0 Å². The summed E-state index contributed by atoms with van der Waals surface area (Å²) in [7, 11) is -3.74. The average Bonchev–Trinajstić information content (AvgIpc) is 3.39. The number of carbonyl (C=O) groups excluding carboxylic acids is 1. The predicted octanol–water partition coefficient (Wildman–Crippen LogP) is 3.41. The lowest BCUT2D eigenvalue weighted by molar-refractivity contribution is -0.143. The molecule has 37 heavy (non-hydrogen) atoms. The number of halogens is 1. The Morgan fingerprint density at radius 1 is 1.19 bits per heavy atom. The number of piperazine rings is 1. The molecule has 1 aromatic heterocycles. The minimum absolute atomic E-state index is 0.121. The van der Waals surface area contributed by atoms with Gasteiger partial charge in [-0.25, -0.2) is 13.4 Å². The minimum Gasteiger partial charge on any atom is -0.372 e. The van der Waals surface area contributed by atoms with Crippen molar-refractivity contribution in [1.29, 1.82) is 0 Å². The van der Waals surface area contributed by atoms with Gasteiger partial charge in [0.1, 0.15) is 12.3 Å². The molecule has 3 heterocycles. The number of hydrogen-bond donors (Lipinski definition) is 2. The van der Waals surface area contributed by atoms with Crippen LogP contribution in [0.15, 0.2) is 58.9 Å². The third-order valence-electron chi connectivity index (χ3n) is 6.82. The fraction of sp³-hybridized carbons (Fsp3) is 0.360. The van der Waals surface area contributed by atoms with Gasteiger partial charge in [-0.05, 0) is 67.8 Å². The number of fused-ring (bicyclic) bond motifs is 1. The van der Waals surface area contributed by atoms with Crippen molar-refractivity contribution in [3.63, 3.8) is 0 Å². The van der Waals surface area contributed by atoms with Crippen molar-refractivity contribution in [2.24, 2.45) is 0 Å². The van der Waals surface area contributed by atoms with Crippen molar-refractivity contribution in [3.05, 3.63) is 64.6 Å². The molecule has 1 fully saturated rings. The first-order valence-corrected chi connectivity index (χ1v) is 14.8. The highest BCUT2D eigenvalue weighted by atomic mass is 35.5. The molecule has 2 aromatic carbocycles. The summed E-state index contributed by atoms with van der Waals surface area (Å²) in [6, 6.07) is 11.8. The molecule has 0 unspecified atom stereocenters. The lowest BCUT2D eigenvalue weighted by atomic mass is 10.00. The van der Waals surface area contributed by atoms with E-state index in [9.17, 15) is 18.3 Å². The van der Waals surface area contributed by atoms with Gasteiger partial charge in [0.25, 0.3) is 10.0 Å². The molecule has 12 heteroatoms. The van der Waals surface area contributed by atoms with Crippen molar-refractivity contribution in [1.82, 2.24) is 9.88 Å². The highest BCUT2D eigenvalue weighted by Gasteiger charge is 2.35. The molecule has 196 valence electrons. The predicted molar refractivity (Wildman–Crippen MR) is 146 cm³/mol. The lowest BCUT2D eigenvalue weighted by Crippen LogP contribution is -2.59. The number of benzene rings is 2. The van der Waals surface area contributed by atoms with E-state index in [1.807, 2.05) is 30.0 Å². The first kappa shape index (κ1) is 25.8. The quantitative estimate of drug-likeness (QED) is 0.475. The Balaban J connectivity index is 1.23. The van der Waals surface area contributed by atoms with Crippen LogP contribution in [0.2, 0.25) is 5.02 Å². The molecule has 2 aliphatic rings. The zero-order valence-electron chi connectivity index (χ0n) is 20.2. The molecule has 9 nitrogen and oxygen atoms in total. The number of hydrogen-bond acceptors (Lipinski definition) is 8. The second-order valence-electron chi connectivity index (χ2n) is 9.14. The summed E-state index contributed by atoms with van der Waals surface area (Å²) in [5.41, 5.74) is 2.93. The first-order valence-electron chi connectivity index (χ1n) is 12.0. The molecule has 0 radical (unpaired) electrons. The largest absolute Gasteiger partial charge is 0.372 e. The second kappa shape index (κ2) is 10.5. The number of aliphatic hydroxyl groups is 1. The molecule has 2 N–H and O–H groups in total. The maximum atomic E-state index is 13.4. The Kier molecular flexibility index (Phi) is 7.30. The Morgan fingerprint density at radius 3 is 2.68 bits per heavy atom. The number of rotatable bonds is 6. The van der Waals surface area contributed by atoms with Gasteiger partial charge in [0.15, 0.2) is 5.13 Å². The van der Waals surface area contributed by atoms with Gasteiger partial charge < -0.3 is 19.8 Å². The summed E-state index contributed by atoms with van der Waals surface area (Å²) in [5, 5.41) is 13.6. The molecule has 2 atom stereocenters. The molecule has 2 aliphatic heterocycles. The SMILES string of the molecule is C[C@H](C(=O)N1CCN(c2ccc(S(=O)(=O)Nc3nccs3)cc2)C[C@@H]1O)N1CCCc2cc(Cl)ccc21. The molecule has 0 spiro atoms. The fourth-order valence-electron chi connectivity index (χ4n) is 4.91. The Hall–Kier alpha value is -2.86. The minimum atomic E-state index is -3.74. The van der Waals surface area contributed by atoms with Gasteiger partial charge in [0, 0.05) is 47.6 Å². The monoisotopic (exact) mass is 561 g/mol. The fourth-order valence-corrected chi connectivity index (χ4v) is 6.89. The number of thiazole rings is 1. The molecule has 0 saturated carbocycles. The van der Waals surface area contributed by atoms with E-state index < -0.39 is 22.3 Å². The van der Waals surface area contributed by atoms with Gasteiger partial charge in [0.2, 0.25) is 5.91 Å². The second-order valence-corrected chi connectivity index (χ2v) is 12.2. The number of anilines is 3. The maximum Gasteiger partial charge on any atom is 0.263 e. The van der Waals surface area contributed by atoms with Crippen LogP contribution in [0.4, 0.5) is 16.5 Å². The highest BCUT2D eigenvalue weighted by molar-refractivity contribution is 7.93. The van der Waals surface area contributed by atoms with Crippen LogP contribution in [-0.4, -0.2) is 67.8 Å². The number of aliphatic hydroxyl groups excluding tert-OH is 1. The highest BCUT2D eigenvalue weighted by Crippen LogP contribution is 2.32. The summed E-state index contributed by atoms with van der Waals surface area (Å²) < 4.78 is 27.6. The lowest BCUT2D eigenvalue weighted by Gasteiger charge is -2.43.